The lowest BCUT2D eigenvalue weighted by molar-refractivity contribution is -0.0269. The zero-order chi connectivity index (χ0) is 10.2. The van der Waals surface area contributed by atoms with Gasteiger partial charge in [-0.3, -0.25) is 0 Å². The second-order valence-corrected chi connectivity index (χ2v) is 5.37. The maximum atomic E-state index is 9.98. The standard InChI is InChI=1S/C11H22O2/c1-7(2)9(12)8-5-6-11(3,4)10(8)13/h7-10,12-13H,5-6H2,1-4H3. The summed E-state index contributed by atoms with van der Waals surface area (Å²) in [6.45, 7) is 8.15. The van der Waals surface area contributed by atoms with Gasteiger partial charge in [0.1, 0.15) is 0 Å². The van der Waals surface area contributed by atoms with Gasteiger partial charge in [-0.15, -0.1) is 0 Å². The maximum absolute atomic E-state index is 9.98. The monoisotopic (exact) mass is 186 g/mol. The first-order valence-corrected chi connectivity index (χ1v) is 5.22. The zero-order valence-corrected chi connectivity index (χ0v) is 9.12. The van der Waals surface area contributed by atoms with E-state index in [0.29, 0.717) is 0 Å². The Labute approximate surface area is 81.0 Å². The topological polar surface area (TPSA) is 40.5 Å². The van der Waals surface area contributed by atoms with Crippen LogP contribution in [-0.4, -0.2) is 22.4 Å². The second-order valence-electron chi connectivity index (χ2n) is 5.37. The third-order valence-corrected chi connectivity index (χ3v) is 3.45. The van der Waals surface area contributed by atoms with Crippen molar-refractivity contribution < 1.29 is 10.2 Å². The Morgan fingerprint density at radius 3 is 2.15 bits per heavy atom. The van der Waals surface area contributed by atoms with Gasteiger partial charge in [0.2, 0.25) is 0 Å². The molecule has 0 saturated heterocycles. The highest BCUT2D eigenvalue weighted by Crippen LogP contribution is 2.43. The van der Waals surface area contributed by atoms with Crippen LogP contribution in [0.2, 0.25) is 0 Å². The smallest absolute Gasteiger partial charge is 0.0644 e. The summed E-state index contributed by atoms with van der Waals surface area (Å²) in [5.41, 5.74) is -0.0134. The minimum atomic E-state index is -0.350. The number of hydrogen-bond acceptors (Lipinski definition) is 2. The molecule has 0 spiro atoms. The fraction of sp³-hybridized carbons (Fsp3) is 1.00. The third kappa shape index (κ3) is 2.05. The molecule has 1 aliphatic carbocycles. The summed E-state index contributed by atoms with van der Waals surface area (Å²) in [6.07, 6.45) is 1.28. The van der Waals surface area contributed by atoms with E-state index >= 15 is 0 Å². The molecule has 1 aliphatic rings. The molecule has 0 heterocycles. The van der Waals surface area contributed by atoms with Gasteiger partial charge in [-0.25, -0.2) is 0 Å². The van der Waals surface area contributed by atoms with Crippen LogP contribution < -0.4 is 0 Å². The van der Waals surface area contributed by atoms with Crippen LogP contribution in [0.15, 0.2) is 0 Å². The lowest BCUT2D eigenvalue weighted by Gasteiger charge is -2.29. The summed E-state index contributed by atoms with van der Waals surface area (Å²) in [7, 11) is 0. The fourth-order valence-electron chi connectivity index (χ4n) is 2.28. The van der Waals surface area contributed by atoms with Crippen molar-refractivity contribution in [3.63, 3.8) is 0 Å². The van der Waals surface area contributed by atoms with Gasteiger partial charge in [0, 0.05) is 5.92 Å². The van der Waals surface area contributed by atoms with E-state index in [-0.39, 0.29) is 29.5 Å². The number of aliphatic hydroxyl groups is 2. The molecule has 0 bridgehead atoms. The summed E-state index contributed by atoms with van der Waals surface area (Å²) in [5.74, 6) is 0.323. The van der Waals surface area contributed by atoms with E-state index in [4.69, 9.17) is 0 Å². The minimum absolute atomic E-state index is 0.0134. The zero-order valence-electron chi connectivity index (χ0n) is 9.12. The Balaban J connectivity index is 2.65. The molecule has 1 rings (SSSR count). The fourth-order valence-corrected chi connectivity index (χ4v) is 2.28. The molecule has 1 fully saturated rings. The number of aliphatic hydroxyl groups excluding tert-OH is 2. The molecule has 13 heavy (non-hydrogen) atoms. The Morgan fingerprint density at radius 1 is 1.31 bits per heavy atom. The predicted octanol–water partition coefficient (Wildman–Crippen LogP) is 1.80. The van der Waals surface area contributed by atoms with Gasteiger partial charge < -0.3 is 10.2 Å². The number of hydrogen-bond donors (Lipinski definition) is 2. The molecule has 0 aliphatic heterocycles. The van der Waals surface area contributed by atoms with E-state index in [9.17, 15) is 10.2 Å². The summed E-state index contributed by atoms with van der Waals surface area (Å²) in [6, 6.07) is 0. The molecule has 2 N–H and O–H groups in total. The number of rotatable bonds is 2. The van der Waals surface area contributed by atoms with E-state index in [1.165, 1.54) is 0 Å². The third-order valence-electron chi connectivity index (χ3n) is 3.45. The van der Waals surface area contributed by atoms with Gasteiger partial charge in [-0.1, -0.05) is 27.7 Å². The summed E-state index contributed by atoms with van der Waals surface area (Å²) in [4.78, 5) is 0. The molecular weight excluding hydrogens is 164 g/mol. The normalized spacial score (nSPS) is 35.3. The van der Waals surface area contributed by atoms with Gasteiger partial charge in [-0.05, 0) is 24.2 Å². The Morgan fingerprint density at radius 2 is 1.85 bits per heavy atom. The highest BCUT2D eigenvalue weighted by atomic mass is 16.3. The van der Waals surface area contributed by atoms with Crippen LogP contribution >= 0.6 is 0 Å². The molecule has 78 valence electrons. The van der Waals surface area contributed by atoms with Crippen LogP contribution in [-0.2, 0) is 0 Å². The first-order valence-electron chi connectivity index (χ1n) is 5.22. The molecule has 0 radical (unpaired) electrons. The van der Waals surface area contributed by atoms with Crippen LogP contribution in [0.4, 0.5) is 0 Å². The van der Waals surface area contributed by atoms with Gasteiger partial charge in [0.15, 0.2) is 0 Å². The van der Waals surface area contributed by atoms with Crippen LogP contribution in [0, 0.1) is 17.3 Å². The van der Waals surface area contributed by atoms with E-state index in [1.54, 1.807) is 0 Å². The summed E-state index contributed by atoms with van der Waals surface area (Å²) in [5, 5.41) is 19.8. The molecule has 1 saturated carbocycles. The molecule has 0 aromatic heterocycles. The average Bonchev–Trinajstić information content (AvgIpc) is 2.27. The predicted molar refractivity (Wildman–Crippen MR) is 53.4 cm³/mol. The molecule has 3 unspecified atom stereocenters. The lowest BCUT2D eigenvalue weighted by Crippen LogP contribution is -2.36. The Hall–Kier alpha value is -0.0800. The van der Waals surface area contributed by atoms with Crippen LogP contribution in [0.5, 0.6) is 0 Å². The second kappa shape index (κ2) is 3.58. The van der Waals surface area contributed by atoms with Crippen molar-refractivity contribution in [2.45, 2.75) is 52.7 Å². The van der Waals surface area contributed by atoms with Crippen molar-refractivity contribution in [2.24, 2.45) is 17.3 Å². The van der Waals surface area contributed by atoms with Gasteiger partial charge >= 0.3 is 0 Å². The van der Waals surface area contributed by atoms with Crippen molar-refractivity contribution >= 4 is 0 Å². The van der Waals surface area contributed by atoms with E-state index in [0.717, 1.165) is 12.8 Å². The van der Waals surface area contributed by atoms with Gasteiger partial charge in [0.25, 0.3) is 0 Å². The molecule has 3 atom stereocenters. The molecule has 0 aromatic rings. The average molecular weight is 186 g/mol. The van der Waals surface area contributed by atoms with Crippen molar-refractivity contribution in [3.05, 3.63) is 0 Å². The van der Waals surface area contributed by atoms with Crippen molar-refractivity contribution in [1.29, 1.82) is 0 Å². The highest BCUT2D eigenvalue weighted by molar-refractivity contribution is 4.94. The van der Waals surface area contributed by atoms with E-state index in [2.05, 4.69) is 13.8 Å². The largest absolute Gasteiger partial charge is 0.392 e. The SMILES string of the molecule is CC(C)C(O)C1CCC(C)(C)C1O. The van der Waals surface area contributed by atoms with E-state index in [1.807, 2.05) is 13.8 Å². The highest BCUT2D eigenvalue weighted by Gasteiger charge is 2.44. The Kier molecular flexibility index (Phi) is 3.03. The van der Waals surface area contributed by atoms with E-state index < -0.39 is 0 Å². The lowest BCUT2D eigenvalue weighted by atomic mass is 9.83. The van der Waals surface area contributed by atoms with Crippen molar-refractivity contribution in [1.82, 2.24) is 0 Å². The Bertz CT molecular complexity index is 175. The van der Waals surface area contributed by atoms with Crippen LogP contribution in [0.1, 0.15) is 40.5 Å². The van der Waals surface area contributed by atoms with Crippen LogP contribution in [0.3, 0.4) is 0 Å². The first kappa shape index (κ1) is 11.0. The molecule has 0 amide bonds. The molecule has 2 heteroatoms. The maximum Gasteiger partial charge on any atom is 0.0644 e. The summed E-state index contributed by atoms with van der Waals surface area (Å²) >= 11 is 0. The van der Waals surface area contributed by atoms with Crippen molar-refractivity contribution in [3.8, 4) is 0 Å². The van der Waals surface area contributed by atoms with Gasteiger partial charge in [0.05, 0.1) is 12.2 Å². The molecule has 0 aromatic carbocycles. The van der Waals surface area contributed by atoms with Crippen LogP contribution in [0.25, 0.3) is 0 Å². The minimum Gasteiger partial charge on any atom is -0.392 e. The van der Waals surface area contributed by atoms with Gasteiger partial charge in [-0.2, -0.15) is 0 Å². The summed E-state index contributed by atoms with van der Waals surface area (Å²) < 4.78 is 0. The quantitative estimate of drug-likeness (QED) is 0.690. The molecular formula is C11H22O2. The molecule has 2 nitrogen and oxygen atoms in total. The first-order chi connectivity index (χ1) is 5.86. The van der Waals surface area contributed by atoms with Crippen molar-refractivity contribution in [2.75, 3.05) is 0 Å².